The number of hydrogen-bond acceptors (Lipinski definition) is 5. The van der Waals surface area contributed by atoms with Crippen LogP contribution in [0.25, 0.3) is 0 Å². The molecule has 3 saturated heterocycles. The fraction of sp³-hybridized carbons (Fsp3) is 0.889. The van der Waals surface area contributed by atoms with Crippen LogP contribution in [-0.2, 0) is 19.2 Å². The summed E-state index contributed by atoms with van der Waals surface area (Å²) in [6.45, 7) is 5.06. The normalized spacial score (nSPS) is 31.4. The van der Waals surface area contributed by atoms with Crippen LogP contribution in [0.3, 0.4) is 0 Å². The van der Waals surface area contributed by atoms with Crippen LogP contribution >= 0.6 is 0 Å². The molecule has 4 fully saturated rings. The van der Waals surface area contributed by atoms with Gasteiger partial charge < -0.3 is 9.84 Å². The van der Waals surface area contributed by atoms with Crippen LogP contribution in [0.5, 0.6) is 0 Å². The SMILES string of the molecule is O=C(O)C(F)(F)F.O=C([C@@H]1COC[C@H]2CN(C3CCCC3)C[C@H]21)N1CCCO1. The minimum absolute atomic E-state index is 0.00764. The van der Waals surface area contributed by atoms with Gasteiger partial charge in [-0.25, -0.2) is 9.86 Å². The van der Waals surface area contributed by atoms with Crippen molar-refractivity contribution in [1.82, 2.24) is 9.96 Å². The Morgan fingerprint density at radius 3 is 2.29 bits per heavy atom. The minimum Gasteiger partial charge on any atom is -0.475 e. The summed E-state index contributed by atoms with van der Waals surface area (Å²) in [5, 5.41) is 8.72. The van der Waals surface area contributed by atoms with Crippen molar-refractivity contribution in [3.05, 3.63) is 0 Å². The third-order valence-electron chi connectivity index (χ3n) is 6.07. The van der Waals surface area contributed by atoms with E-state index < -0.39 is 12.1 Å². The Kier molecular flexibility index (Phi) is 6.82. The Bertz CT molecular complexity index is 562. The monoisotopic (exact) mass is 408 g/mol. The number of carboxylic acids is 1. The Morgan fingerprint density at radius 2 is 1.71 bits per heavy atom. The van der Waals surface area contributed by atoms with Crippen LogP contribution in [0.4, 0.5) is 13.2 Å². The number of ether oxygens (including phenoxy) is 1. The minimum atomic E-state index is -5.08. The highest BCUT2D eigenvalue weighted by Crippen LogP contribution is 2.38. The summed E-state index contributed by atoms with van der Waals surface area (Å²) in [4.78, 5) is 29.7. The maximum atomic E-state index is 12.7. The van der Waals surface area contributed by atoms with Crippen molar-refractivity contribution >= 4 is 11.9 Å². The third kappa shape index (κ3) is 4.96. The Balaban J connectivity index is 0.000000279. The molecule has 1 saturated carbocycles. The summed E-state index contributed by atoms with van der Waals surface area (Å²) in [6.07, 6.45) is 1.30. The van der Waals surface area contributed by atoms with Gasteiger partial charge in [-0.2, -0.15) is 13.2 Å². The molecular formula is C18H27F3N2O5. The lowest BCUT2D eigenvalue weighted by molar-refractivity contribution is -0.192. The molecule has 3 aliphatic heterocycles. The third-order valence-corrected chi connectivity index (χ3v) is 6.07. The van der Waals surface area contributed by atoms with Crippen molar-refractivity contribution in [2.45, 2.75) is 44.3 Å². The van der Waals surface area contributed by atoms with Crippen molar-refractivity contribution in [3.63, 3.8) is 0 Å². The first-order chi connectivity index (χ1) is 13.3. The number of fused-ring (bicyclic) bond motifs is 1. The van der Waals surface area contributed by atoms with E-state index in [4.69, 9.17) is 19.5 Å². The smallest absolute Gasteiger partial charge is 0.475 e. The lowest BCUT2D eigenvalue weighted by atomic mass is 9.82. The summed E-state index contributed by atoms with van der Waals surface area (Å²) >= 11 is 0. The number of hydrogen-bond donors (Lipinski definition) is 1. The molecule has 4 rings (SSSR count). The number of nitrogens with zero attached hydrogens (tertiary/aromatic N) is 2. The summed E-state index contributed by atoms with van der Waals surface area (Å²) in [5.74, 6) is -1.58. The van der Waals surface area contributed by atoms with Crippen molar-refractivity contribution in [2.75, 3.05) is 39.5 Å². The number of carbonyl (C=O) groups excluding carboxylic acids is 1. The van der Waals surface area contributed by atoms with Crippen LogP contribution in [0.2, 0.25) is 0 Å². The number of likely N-dealkylation sites (tertiary alicyclic amines) is 1. The molecule has 0 aromatic carbocycles. The summed E-state index contributed by atoms with van der Waals surface area (Å²) in [7, 11) is 0. The molecule has 0 unspecified atom stereocenters. The number of carboxylic acid groups (broad SMARTS) is 1. The first-order valence-electron chi connectivity index (χ1n) is 9.83. The molecule has 0 aromatic rings. The first kappa shape index (κ1) is 21.3. The van der Waals surface area contributed by atoms with E-state index in [0.717, 1.165) is 38.7 Å². The van der Waals surface area contributed by atoms with Gasteiger partial charge in [0.05, 0.1) is 32.3 Å². The van der Waals surface area contributed by atoms with Gasteiger partial charge in [0.15, 0.2) is 0 Å². The number of amides is 1. The van der Waals surface area contributed by atoms with Crippen LogP contribution < -0.4 is 0 Å². The van der Waals surface area contributed by atoms with Crippen molar-refractivity contribution in [2.24, 2.45) is 17.8 Å². The number of aliphatic carboxylic acids is 1. The predicted molar refractivity (Wildman–Crippen MR) is 91.1 cm³/mol. The van der Waals surface area contributed by atoms with E-state index in [9.17, 15) is 18.0 Å². The van der Waals surface area contributed by atoms with E-state index in [1.165, 1.54) is 25.7 Å². The molecule has 0 aromatic heterocycles. The largest absolute Gasteiger partial charge is 0.490 e. The van der Waals surface area contributed by atoms with Crippen LogP contribution in [0.15, 0.2) is 0 Å². The topological polar surface area (TPSA) is 79.3 Å². The molecule has 160 valence electrons. The Hall–Kier alpha value is -1.39. The fourth-order valence-electron chi connectivity index (χ4n) is 4.66. The maximum absolute atomic E-state index is 12.7. The molecular weight excluding hydrogens is 381 g/mol. The number of halogens is 3. The van der Waals surface area contributed by atoms with Gasteiger partial charge in [0.25, 0.3) is 5.91 Å². The number of hydroxylamine groups is 2. The molecule has 0 radical (unpaired) electrons. The van der Waals surface area contributed by atoms with E-state index in [1.807, 2.05) is 0 Å². The highest BCUT2D eigenvalue weighted by molar-refractivity contribution is 5.78. The zero-order chi connectivity index (χ0) is 20.3. The predicted octanol–water partition coefficient (Wildman–Crippen LogP) is 1.92. The highest BCUT2D eigenvalue weighted by atomic mass is 19.4. The van der Waals surface area contributed by atoms with Crippen molar-refractivity contribution < 1.29 is 37.4 Å². The standard InChI is InChI=1S/C16H26N2O3.C2HF3O2/c19-16(18-6-3-7-21-18)15-11-20-10-12-8-17(9-14(12)15)13-4-1-2-5-13;3-2(4,5)1(6)7/h12-15H,1-11H2;(H,6,7)/t12-,14-,15-;/m1./s1. The van der Waals surface area contributed by atoms with Gasteiger partial charge in [0.2, 0.25) is 0 Å². The number of carbonyl (C=O) groups is 2. The summed E-state index contributed by atoms with van der Waals surface area (Å²) in [6, 6.07) is 0.759. The summed E-state index contributed by atoms with van der Waals surface area (Å²) in [5.41, 5.74) is 0. The van der Waals surface area contributed by atoms with Gasteiger partial charge in [-0.3, -0.25) is 14.5 Å². The zero-order valence-corrected chi connectivity index (χ0v) is 15.7. The van der Waals surface area contributed by atoms with Gasteiger partial charge in [-0.1, -0.05) is 12.8 Å². The Morgan fingerprint density at radius 1 is 1.04 bits per heavy atom. The highest BCUT2D eigenvalue weighted by Gasteiger charge is 2.47. The van der Waals surface area contributed by atoms with Gasteiger partial charge in [-0.15, -0.1) is 0 Å². The van der Waals surface area contributed by atoms with E-state index >= 15 is 0 Å². The second-order valence-electron chi connectivity index (χ2n) is 7.89. The second-order valence-corrected chi connectivity index (χ2v) is 7.89. The lowest BCUT2D eigenvalue weighted by Crippen LogP contribution is -2.45. The number of alkyl halides is 3. The lowest BCUT2D eigenvalue weighted by Gasteiger charge is -2.33. The molecule has 4 aliphatic rings. The molecule has 3 atom stereocenters. The van der Waals surface area contributed by atoms with Gasteiger partial charge in [-0.05, 0) is 31.1 Å². The van der Waals surface area contributed by atoms with E-state index in [1.54, 1.807) is 5.06 Å². The molecule has 1 amide bonds. The van der Waals surface area contributed by atoms with Crippen molar-refractivity contribution in [3.8, 4) is 0 Å². The first-order valence-corrected chi connectivity index (χ1v) is 9.83. The zero-order valence-electron chi connectivity index (χ0n) is 15.7. The van der Waals surface area contributed by atoms with E-state index in [0.29, 0.717) is 25.0 Å². The van der Waals surface area contributed by atoms with Gasteiger partial charge >= 0.3 is 12.1 Å². The summed E-state index contributed by atoms with van der Waals surface area (Å²) < 4.78 is 37.5. The van der Waals surface area contributed by atoms with E-state index in [2.05, 4.69) is 4.90 Å². The van der Waals surface area contributed by atoms with Crippen molar-refractivity contribution in [1.29, 1.82) is 0 Å². The number of rotatable bonds is 2. The van der Waals surface area contributed by atoms with Crippen LogP contribution in [0, 0.1) is 17.8 Å². The fourth-order valence-corrected chi connectivity index (χ4v) is 4.66. The second kappa shape index (κ2) is 8.96. The maximum Gasteiger partial charge on any atom is 0.490 e. The van der Waals surface area contributed by atoms with E-state index in [-0.39, 0.29) is 11.8 Å². The molecule has 1 aliphatic carbocycles. The molecule has 28 heavy (non-hydrogen) atoms. The molecule has 3 heterocycles. The molecule has 0 spiro atoms. The average Bonchev–Trinajstić information content (AvgIpc) is 3.41. The average molecular weight is 408 g/mol. The molecule has 10 heteroatoms. The molecule has 1 N–H and O–H groups in total. The quantitative estimate of drug-likeness (QED) is 0.752. The Labute approximate surface area is 161 Å². The van der Waals surface area contributed by atoms with Gasteiger partial charge in [0, 0.05) is 19.1 Å². The van der Waals surface area contributed by atoms with Crippen LogP contribution in [0.1, 0.15) is 32.1 Å². The van der Waals surface area contributed by atoms with Crippen LogP contribution in [-0.4, -0.2) is 78.6 Å². The molecule has 7 nitrogen and oxygen atoms in total. The van der Waals surface area contributed by atoms with Gasteiger partial charge in [0.1, 0.15) is 0 Å². The molecule has 0 bridgehead atoms.